The third-order valence-corrected chi connectivity index (χ3v) is 3.71. The molecule has 1 heterocycles. The van der Waals surface area contributed by atoms with E-state index >= 15 is 0 Å². The zero-order valence-corrected chi connectivity index (χ0v) is 12.1. The molecule has 2 aromatic rings. The predicted molar refractivity (Wildman–Crippen MR) is 78.8 cm³/mol. The molecular weight excluding hydrogens is 250 g/mol. The zero-order valence-electron chi connectivity index (χ0n) is 12.1. The molecule has 20 heavy (non-hydrogen) atoms. The molecule has 1 aromatic carbocycles. The summed E-state index contributed by atoms with van der Waals surface area (Å²) in [6.45, 7) is 3.49. The van der Waals surface area contributed by atoms with Gasteiger partial charge in [-0.2, -0.15) is 0 Å². The van der Waals surface area contributed by atoms with Crippen molar-refractivity contribution in [3.05, 3.63) is 47.5 Å². The van der Waals surface area contributed by atoms with Crippen LogP contribution in [0, 0.1) is 6.92 Å². The minimum atomic E-state index is 0.581. The first kappa shape index (κ1) is 13.2. The third-order valence-electron chi connectivity index (χ3n) is 3.71. The van der Waals surface area contributed by atoms with Crippen molar-refractivity contribution in [1.29, 1.82) is 0 Å². The van der Waals surface area contributed by atoms with Gasteiger partial charge in [0.25, 0.3) is 0 Å². The van der Waals surface area contributed by atoms with Gasteiger partial charge in [-0.3, -0.25) is 0 Å². The van der Waals surface area contributed by atoms with E-state index in [1.807, 2.05) is 19.6 Å². The molecule has 0 spiro atoms. The van der Waals surface area contributed by atoms with Gasteiger partial charge in [-0.05, 0) is 32.4 Å². The fraction of sp³-hybridized carbons (Fsp3) is 0.438. The van der Waals surface area contributed by atoms with Gasteiger partial charge < -0.3 is 14.6 Å². The maximum absolute atomic E-state index is 6.08. The number of imidazole rings is 1. The topological polar surface area (TPSA) is 39.1 Å². The van der Waals surface area contributed by atoms with E-state index in [0.717, 1.165) is 18.0 Å². The number of rotatable bonds is 6. The lowest BCUT2D eigenvalue weighted by Gasteiger charge is -2.14. The number of nitrogens with zero attached hydrogens (tertiary/aromatic N) is 2. The van der Waals surface area contributed by atoms with Crippen molar-refractivity contribution >= 4 is 0 Å². The van der Waals surface area contributed by atoms with Gasteiger partial charge in [0.15, 0.2) is 0 Å². The smallest absolute Gasteiger partial charge is 0.130 e. The number of nitrogens with one attached hydrogen (secondary N) is 1. The summed E-state index contributed by atoms with van der Waals surface area (Å²) in [6.07, 6.45) is 6.36. The van der Waals surface area contributed by atoms with Crippen LogP contribution in [0.5, 0.6) is 5.75 Å². The van der Waals surface area contributed by atoms with Crippen molar-refractivity contribution < 1.29 is 4.74 Å². The maximum Gasteiger partial charge on any atom is 0.130 e. The Morgan fingerprint density at radius 1 is 1.40 bits per heavy atom. The van der Waals surface area contributed by atoms with Gasteiger partial charge in [-0.15, -0.1) is 0 Å². The summed E-state index contributed by atoms with van der Waals surface area (Å²) in [5.74, 6) is 0.991. The number of hydrogen-bond acceptors (Lipinski definition) is 3. The van der Waals surface area contributed by atoms with Crippen LogP contribution in [0.25, 0.3) is 0 Å². The fourth-order valence-corrected chi connectivity index (χ4v) is 2.52. The summed E-state index contributed by atoms with van der Waals surface area (Å²) in [7, 11) is 1.95. The van der Waals surface area contributed by atoms with Crippen molar-refractivity contribution in [2.24, 2.45) is 0 Å². The summed E-state index contributed by atoms with van der Waals surface area (Å²) < 4.78 is 8.33. The minimum absolute atomic E-state index is 0.581. The minimum Gasteiger partial charge on any atom is -0.487 e. The van der Waals surface area contributed by atoms with Crippen molar-refractivity contribution in [1.82, 2.24) is 14.9 Å². The molecule has 4 nitrogen and oxygen atoms in total. The van der Waals surface area contributed by atoms with Gasteiger partial charge in [0.2, 0.25) is 0 Å². The molecule has 0 aliphatic heterocycles. The predicted octanol–water partition coefficient (Wildman–Crippen LogP) is 2.82. The second kappa shape index (κ2) is 5.67. The quantitative estimate of drug-likeness (QED) is 0.878. The second-order valence-electron chi connectivity index (χ2n) is 5.41. The van der Waals surface area contributed by atoms with Crippen molar-refractivity contribution in [3.63, 3.8) is 0 Å². The number of para-hydroxylation sites is 1. The fourth-order valence-electron chi connectivity index (χ4n) is 2.52. The monoisotopic (exact) mass is 271 g/mol. The van der Waals surface area contributed by atoms with Crippen molar-refractivity contribution in [2.45, 2.75) is 39.0 Å². The first-order chi connectivity index (χ1) is 9.79. The summed E-state index contributed by atoms with van der Waals surface area (Å²) in [4.78, 5) is 4.25. The van der Waals surface area contributed by atoms with Crippen LogP contribution < -0.4 is 10.1 Å². The molecule has 1 saturated carbocycles. The molecule has 1 aliphatic rings. The molecule has 1 N–H and O–H groups in total. The Hall–Kier alpha value is -1.81. The Morgan fingerprint density at radius 2 is 2.25 bits per heavy atom. The zero-order chi connectivity index (χ0) is 13.9. The third kappa shape index (κ3) is 2.70. The number of ether oxygens (including phenoxy) is 1. The lowest BCUT2D eigenvalue weighted by molar-refractivity contribution is 0.289. The molecule has 0 unspecified atom stereocenters. The standard InChI is InChI=1S/C16H21N3O/c1-12-4-3-5-13(8-17-2)16(12)20-10-15-9-18-11-19(15)14-6-7-14/h3-5,9,11,14,17H,6-8,10H2,1-2H3. The van der Waals surface area contributed by atoms with Crippen LogP contribution in [0.1, 0.15) is 35.7 Å². The summed E-state index contributed by atoms with van der Waals surface area (Å²) >= 11 is 0. The lowest BCUT2D eigenvalue weighted by atomic mass is 10.1. The molecule has 3 rings (SSSR count). The Balaban J connectivity index is 1.76. The number of hydrogen-bond donors (Lipinski definition) is 1. The Labute approximate surface area is 119 Å². The molecule has 1 fully saturated rings. The molecule has 1 aliphatic carbocycles. The molecule has 106 valence electrons. The van der Waals surface area contributed by atoms with Gasteiger partial charge >= 0.3 is 0 Å². The first-order valence-electron chi connectivity index (χ1n) is 7.16. The summed E-state index contributed by atoms with van der Waals surface area (Å²) in [5.41, 5.74) is 3.53. The SMILES string of the molecule is CNCc1cccc(C)c1OCc1cncn1C1CC1. The van der Waals surface area contributed by atoms with Crippen LogP contribution >= 0.6 is 0 Å². The largest absolute Gasteiger partial charge is 0.487 e. The number of benzene rings is 1. The maximum atomic E-state index is 6.08. The van der Waals surface area contributed by atoms with Crippen molar-refractivity contribution in [2.75, 3.05) is 7.05 Å². The molecule has 0 amide bonds. The van der Waals surface area contributed by atoms with E-state index in [4.69, 9.17) is 4.74 Å². The van der Waals surface area contributed by atoms with Crippen LogP contribution in [-0.2, 0) is 13.2 Å². The van der Waals surface area contributed by atoms with Gasteiger partial charge in [0, 0.05) is 18.2 Å². The van der Waals surface area contributed by atoms with E-state index in [0.29, 0.717) is 12.6 Å². The van der Waals surface area contributed by atoms with E-state index in [9.17, 15) is 0 Å². The Kier molecular flexibility index (Phi) is 3.74. The van der Waals surface area contributed by atoms with Crippen LogP contribution in [0.2, 0.25) is 0 Å². The molecule has 0 atom stereocenters. The van der Waals surface area contributed by atoms with E-state index in [1.54, 1.807) is 0 Å². The van der Waals surface area contributed by atoms with Crippen LogP contribution in [0.3, 0.4) is 0 Å². The molecule has 0 radical (unpaired) electrons. The molecule has 0 bridgehead atoms. The first-order valence-corrected chi connectivity index (χ1v) is 7.16. The molecule has 1 aromatic heterocycles. The normalized spacial score (nSPS) is 14.5. The van der Waals surface area contributed by atoms with Gasteiger partial charge in [-0.1, -0.05) is 18.2 Å². The van der Waals surface area contributed by atoms with E-state index < -0.39 is 0 Å². The van der Waals surface area contributed by atoms with Crippen LogP contribution in [0.15, 0.2) is 30.7 Å². The highest BCUT2D eigenvalue weighted by Gasteiger charge is 2.25. The summed E-state index contributed by atoms with van der Waals surface area (Å²) in [5, 5.41) is 3.19. The molecular formula is C16H21N3O. The average molecular weight is 271 g/mol. The Morgan fingerprint density at radius 3 is 3.00 bits per heavy atom. The summed E-state index contributed by atoms with van der Waals surface area (Å²) in [6, 6.07) is 6.91. The molecule has 4 heteroatoms. The highest BCUT2D eigenvalue weighted by atomic mass is 16.5. The average Bonchev–Trinajstić information content (AvgIpc) is 3.18. The van der Waals surface area contributed by atoms with Crippen LogP contribution in [-0.4, -0.2) is 16.6 Å². The highest BCUT2D eigenvalue weighted by Crippen LogP contribution is 2.36. The number of aryl methyl sites for hydroxylation is 1. The van der Waals surface area contributed by atoms with Crippen LogP contribution in [0.4, 0.5) is 0 Å². The lowest BCUT2D eigenvalue weighted by Crippen LogP contribution is -2.10. The van der Waals surface area contributed by atoms with Crippen molar-refractivity contribution in [3.8, 4) is 5.75 Å². The van der Waals surface area contributed by atoms with E-state index in [-0.39, 0.29) is 0 Å². The van der Waals surface area contributed by atoms with Gasteiger partial charge in [0.1, 0.15) is 12.4 Å². The molecule has 0 saturated heterocycles. The highest BCUT2D eigenvalue weighted by molar-refractivity contribution is 5.40. The Bertz CT molecular complexity index is 587. The van der Waals surface area contributed by atoms with Gasteiger partial charge in [-0.25, -0.2) is 4.98 Å². The van der Waals surface area contributed by atoms with E-state index in [1.165, 1.54) is 24.0 Å². The van der Waals surface area contributed by atoms with E-state index in [2.05, 4.69) is 40.0 Å². The second-order valence-corrected chi connectivity index (χ2v) is 5.41. The number of aromatic nitrogens is 2. The van der Waals surface area contributed by atoms with Gasteiger partial charge in [0.05, 0.1) is 18.2 Å².